The van der Waals surface area contributed by atoms with Gasteiger partial charge in [-0.15, -0.1) is 0 Å². The summed E-state index contributed by atoms with van der Waals surface area (Å²) >= 11 is 0. The normalized spacial score (nSPS) is 14.4. The Morgan fingerprint density at radius 2 is 1.44 bits per heavy atom. The first-order valence-corrected chi connectivity index (χ1v) is 16.8. The predicted octanol–water partition coefficient (Wildman–Crippen LogP) is 10.7. The van der Waals surface area contributed by atoms with Gasteiger partial charge in [-0.3, -0.25) is 14.6 Å². The van der Waals surface area contributed by atoms with E-state index in [-0.39, 0.29) is 16.2 Å². The van der Waals surface area contributed by atoms with Crippen LogP contribution in [0.3, 0.4) is 0 Å². The van der Waals surface area contributed by atoms with Crippen molar-refractivity contribution in [2.75, 3.05) is 4.90 Å². The fourth-order valence-corrected chi connectivity index (χ4v) is 7.16. The second kappa shape index (κ2) is 10.4. The number of H-pyrrole nitrogens is 1. The van der Waals surface area contributed by atoms with Crippen LogP contribution < -0.4 is 4.90 Å². The minimum Gasteiger partial charge on any atom is -0.294 e. The van der Waals surface area contributed by atoms with E-state index in [1.807, 2.05) is 6.20 Å². The molecule has 6 nitrogen and oxygen atoms in total. The summed E-state index contributed by atoms with van der Waals surface area (Å²) in [5, 5.41) is 10.3. The second-order valence-electron chi connectivity index (χ2n) is 15.7. The summed E-state index contributed by atoms with van der Waals surface area (Å²) in [6, 6.07) is 35.0. The standard InChI is InChI=1S/C42H42N6/c1-40(2,3)26-21-22-43-38(23-26)48-34-15-11-9-13-28(34)29-18-17-27(24-36(29)48)47-35-16-12-10-14-30(35)42(7,8)31-19-20-32(44-39(31)47)33-25-37(46-45-33)41(4,5)6/h9-25H,1-8H3,(H,45,46). The van der Waals surface area contributed by atoms with E-state index in [0.717, 1.165) is 51.1 Å². The van der Waals surface area contributed by atoms with Crippen molar-refractivity contribution >= 4 is 39.0 Å². The van der Waals surface area contributed by atoms with Crippen molar-refractivity contribution in [1.82, 2.24) is 24.7 Å². The molecule has 48 heavy (non-hydrogen) atoms. The minimum atomic E-state index is -0.241. The summed E-state index contributed by atoms with van der Waals surface area (Å²) in [4.78, 5) is 12.7. The summed E-state index contributed by atoms with van der Waals surface area (Å²) in [5.74, 6) is 1.85. The van der Waals surface area contributed by atoms with E-state index in [2.05, 4.69) is 172 Å². The van der Waals surface area contributed by atoms with Crippen molar-refractivity contribution in [3.8, 4) is 17.2 Å². The number of nitrogens with zero attached hydrogens (tertiary/aromatic N) is 5. The Balaban J connectivity index is 1.38. The van der Waals surface area contributed by atoms with Crippen molar-refractivity contribution in [1.29, 1.82) is 0 Å². The van der Waals surface area contributed by atoms with Gasteiger partial charge in [-0.1, -0.05) is 104 Å². The van der Waals surface area contributed by atoms with Crippen molar-refractivity contribution < 1.29 is 0 Å². The molecule has 6 heteroatoms. The number of fused-ring (bicyclic) bond motifs is 5. The number of benzene rings is 3. The Morgan fingerprint density at radius 1 is 0.688 bits per heavy atom. The zero-order chi connectivity index (χ0) is 33.6. The maximum atomic E-state index is 5.41. The molecule has 0 saturated heterocycles. The molecule has 7 aromatic rings. The van der Waals surface area contributed by atoms with E-state index in [0.29, 0.717) is 0 Å². The third-order valence-electron chi connectivity index (χ3n) is 9.96. The number of nitrogens with one attached hydrogen (secondary N) is 1. The van der Waals surface area contributed by atoms with Gasteiger partial charge in [-0.05, 0) is 65.1 Å². The van der Waals surface area contributed by atoms with Crippen LogP contribution in [0.1, 0.15) is 77.8 Å². The smallest absolute Gasteiger partial charge is 0.142 e. The van der Waals surface area contributed by atoms with Crippen LogP contribution in [-0.2, 0) is 16.2 Å². The highest BCUT2D eigenvalue weighted by Crippen LogP contribution is 2.52. The molecule has 240 valence electrons. The van der Waals surface area contributed by atoms with Crippen molar-refractivity contribution in [2.24, 2.45) is 0 Å². The molecular formula is C42H42N6. The maximum Gasteiger partial charge on any atom is 0.142 e. The molecule has 0 aliphatic carbocycles. The van der Waals surface area contributed by atoms with Crippen LogP contribution in [0.25, 0.3) is 39.0 Å². The third-order valence-corrected chi connectivity index (χ3v) is 9.96. The molecule has 0 radical (unpaired) electrons. The first kappa shape index (κ1) is 30.1. The van der Waals surface area contributed by atoms with Gasteiger partial charge in [0.05, 0.1) is 33.8 Å². The highest BCUT2D eigenvalue weighted by Gasteiger charge is 2.38. The van der Waals surface area contributed by atoms with E-state index < -0.39 is 0 Å². The van der Waals surface area contributed by atoms with Gasteiger partial charge in [0.25, 0.3) is 0 Å². The first-order valence-electron chi connectivity index (χ1n) is 16.8. The van der Waals surface area contributed by atoms with E-state index in [9.17, 15) is 0 Å². The quantitative estimate of drug-likeness (QED) is 0.211. The molecule has 3 aromatic carbocycles. The molecule has 0 amide bonds. The van der Waals surface area contributed by atoms with Crippen LogP contribution in [0.2, 0.25) is 0 Å². The number of aromatic nitrogens is 5. The number of aromatic amines is 1. The van der Waals surface area contributed by atoms with Gasteiger partial charge in [0.15, 0.2) is 0 Å². The summed E-state index contributed by atoms with van der Waals surface area (Å²) < 4.78 is 2.31. The van der Waals surface area contributed by atoms with Gasteiger partial charge in [0.2, 0.25) is 0 Å². The molecule has 0 spiro atoms. The Labute approximate surface area is 282 Å². The summed E-state index contributed by atoms with van der Waals surface area (Å²) in [6.45, 7) is 17.9. The molecule has 0 bridgehead atoms. The average molecular weight is 631 g/mol. The fraction of sp³-hybridized carbons (Fsp3) is 0.262. The summed E-state index contributed by atoms with van der Waals surface area (Å²) in [6.07, 6.45) is 1.94. The fourth-order valence-electron chi connectivity index (χ4n) is 7.16. The summed E-state index contributed by atoms with van der Waals surface area (Å²) in [5.41, 5.74) is 10.6. The van der Waals surface area contributed by atoms with Gasteiger partial charge >= 0.3 is 0 Å². The number of pyridine rings is 2. The zero-order valence-corrected chi connectivity index (χ0v) is 29.1. The largest absolute Gasteiger partial charge is 0.294 e. The van der Waals surface area contributed by atoms with Gasteiger partial charge in [0, 0.05) is 39.1 Å². The molecule has 1 aliphatic heterocycles. The Kier molecular flexibility index (Phi) is 6.52. The average Bonchev–Trinajstić information content (AvgIpc) is 3.69. The van der Waals surface area contributed by atoms with Crippen LogP contribution in [-0.4, -0.2) is 24.7 Å². The number of hydrogen-bond donors (Lipinski definition) is 1. The SMILES string of the molecule is CC(C)(C)c1ccnc(-n2c3ccccc3c3ccc(N4c5ccccc5C(C)(C)c5ccc(-c6cc(C(C)(C)C)n[nH]6)nc54)cc32)c1. The summed E-state index contributed by atoms with van der Waals surface area (Å²) in [7, 11) is 0. The first-order chi connectivity index (χ1) is 22.8. The molecule has 4 aromatic heterocycles. The highest BCUT2D eigenvalue weighted by molar-refractivity contribution is 6.10. The zero-order valence-electron chi connectivity index (χ0n) is 29.1. The lowest BCUT2D eigenvalue weighted by Gasteiger charge is -2.41. The molecular weight excluding hydrogens is 589 g/mol. The van der Waals surface area contributed by atoms with Crippen molar-refractivity contribution in [3.63, 3.8) is 0 Å². The van der Waals surface area contributed by atoms with E-state index in [4.69, 9.17) is 9.97 Å². The van der Waals surface area contributed by atoms with Crippen LogP contribution in [0.15, 0.2) is 103 Å². The third kappa shape index (κ3) is 4.65. The number of para-hydroxylation sites is 2. The predicted molar refractivity (Wildman–Crippen MR) is 198 cm³/mol. The topological polar surface area (TPSA) is 62.6 Å². The van der Waals surface area contributed by atoms with Crippen molar-refractivity contribution in [2.45, 2.75) is 71.6 Å². The Morgan fingerprint density at radius 3 is 2.21 bits per heavy atom. The molecule has 5 heterocycles. The minimum absolute atomic E-state index is 0.00130. The molecule has 0 unspecified atom stereocenters. The van der Waals surface area contributed by atoms with Crippen LogP contribution in [0.4, 0.5) is 17.2 Å². The van der Waals surface area contributed by atoms with Gasteiger partial charge in [-0.2, -0.15) is 5.10 Å². The molecule has 0 atom stereocenters. The van der Waals surface area contributed by atoms with Crippen molar-refractivity contribution in [3.05, 3.63) is 126 Å². The Bertz CT molecular complexity index is 2360. The Hall–Kier alpha value is -5.23. The van der Waals surface area contributed by atoms with E-state index >= 15 is 0 Å². The van der Waals surface area contributed by atoms with Gasteiger partial charge in [0.1, 0.15) is 11.6 Å². The number of anilines is 3. The number of rotatable bonds is 3. The van der Waals surface area contributed by atoms with Crippen LogP contribution >= 0.6 is 0 Å². The van der Waals surface area contributed by atoms with E-state index in [1.165, 1.54) is 27.5 Å². The highest BCUT2D eigenvalue weighted by atomic mass is 15.2. The van der Waals surface area contributed by atoms with Crippen LogP contribution in [0.5, 0.6) is 0 Å². The van der Waals surface area contributed by atoms with E-state index in [1.54, 1.807) is 0 Å². The molecule has 0 fully saturated rings. The lowest BCUT2D eigenvalue weighted by atomic mass is 9.74. The molecule has 1 N–H and O–H groups in total. The maximum absolute atomic E-state index is 5.41. The van der Waals surface area contributed by atoms with Gasteiger partial charge < -0.3 is 0 Å². The molecule has 8 rings (SSSR count). The number of hydrogen-bond acceptors (Lipinski definition) is 4. The van der Waals surface area contributed by atoms with Gasteiger partial charge in [-0.25, -0.2) is 9.97 Å². The monoisotopic (exact) mass is 630 g/mol. The lowest BCUT2D eigenvalue weighted by molar-refractivity contribution is 0.567. The molecule has 0 saturated carbocycles. The second-order valence-corrected chi connectivity index (χ2v) is 15.7. The molecule has 1 aliphatic rings. The van der Waals surface area contributed by atoms with Crippen LogP contribution in [0, 0.1) is 0 Å². The lowest BCUT2D eigenvalue weighted by Crippen LogP contribution is -2.31.